The number of unbranched alkanes of at least 4 members (excludes halogenated alkanes) is 1. The first-order valence-electron chi connectivity index (χ1n) is 8.64. The van der Waals surface area contributed by atoms with Gasteiger partial charge in [-0.15, -0.1) is 24.0 Å². The molecule has 0 radical (unpaired) electrons. The van der Waals surface area contributed by atoms with Crippen LogP contribution in [0, 0.1) is 12.7 Å². The topological polar surface area (TPSA) is 65.5 Å². The lowest BCUT2D eigenvalue weighted by atomic mass is 10.1. The highest BCUT2D eigenvalue weighted by atomic mass is 127. The first-order chi connectivity index (χ1) is 12.1. The maximum absolute atomic E-state index is 13.5. The summed E-state index contributed by atoms with van der Waals surface area (Å²) >= 11 is 1.85. The zero-order valence-corrected chi connectivity index (χ0v) is 18.9. The predicted molar refractivity (Wildman–Crippen MR) is 120 cm³/mol. The fourth-order valence-corrected chi connectivity index (χ4v) is 2.58. The Bertz CT molecular complexity index is 572. The van der Waals surface area contributed by atoms with Crippen LogP contribution in [0.1, 0.15) is 35.7 Å². The second-order valence-corrected chi connectivity index (χ2v) is 6.59. The van der Waals surface area contributed by atoms with Gasteiger partial charge in [-0.2, -0.15) is 11.8 Å². The number of benzene rings is 1. The predicted octanol–water partition coefficient (Wildman–Crippen LogP) is 3.18. The Labute approximate surface area is 177 Å². The molecule has 0 aliphatic carbocycles. The third-order valence-corrected chi connectivity index (χ3v) is 4.20. The summed E-state index contributed by atoms with van der Waals surface area (Å²) in [6, 6.07) is 4.50. The average molecular weight is 496 g/mol. The summed E-state index contributed by atoms with van der Waals surface area (Å²) < 4.78 is 13.5. The van der Waals surface area contributed by atoms with Crippen LogP contribution < -0.4 is 16.0 Å². The molecule has 0 bridgehead atoms. The van der Waals surface area contributed by atoms with E-state index in [1.165, 1.54) is 6.07 Å². The van der Waals surface area contributed by atoms with Gasteiger partial charge in [-0.1, -0.05) is 6.07 Å². The Kier molecular flexibility index (Phi) is 14.5. The van der Waals surface area contributed by atoms with Crippen LogP contribution in [0.15, 0.2) is 23.2 Å². The van der Waals surface area contributed by atoms with Crippen molar-refractivity contribution in [3.05, 3.63) is 35.1 Å². The van der Waals surface area contributed by atoms with Gasteiger partial charge in [-0.3, -0.25) is 9.79 Å². The van der Waals surface area contributed by atoms with E-state index in [1.807, 2.05) is 18.7 Å². The number of carbonyl (C=O) groups excluding carboxylic acids is 1. The molecule has 0 atom stereocenters. The highest BCUT2D eigenvalue weighted by Crippen LogP contribution is 2.08. The monoisotopic (exact) mass is 496 g/mol. The molecule has 0 spiro atoms. The number of rotatable bonds is 10. The standard InChI is InChI=1S/C18H29FN4OS.HI/c1-4-20-18(22-9-5-6-12-25-3)23-11-10-21-17(24)15-8-7-14(2)16(19)13-15;/h7-8,13H,4-6,9-12H2,1-3H3,(H,21,24)(H2,20,22,23);1H. The molecule has 1 aromatic carbocycles. The van der Waals surface area contributed by atoms with Crippen LogP contribution in [0.4, 0.5) is 4.39 Å². The van der Waals surface area contributed by atoms with Crippen LogP contribution in [0.25, 0.3) is 0 Å². The van der Waals surface area contributed by atoms with Gasteiger partial charge in [0.2, 0.25) is 0 Å². The molecule has 0 aliphatic heterocycles. The molecule has 148 valence electrons. The lowest BCUT2D eigenvalue weighted by molar-refractivity contribution is 0.0954. The Morgan fingerprint density at radius 2 is 1.92 bits per heavy atom. The van der Waals surface area contributed by atoms with Crippen molar-refractivity contribution in [1.82, 2.24) is 16.0 Å². The number of nitrogens with zero attached hydrogens (tertiary/aromatic N) is 1. The van der Waals surface area contributed by atoms with Crippen LogP contribution in [0.2, 0.25) is 0 Å². The molecule has 3 N–H and O–H groups in total. The van der Waals surface area contributed by atoms with E-state index >= 15 is 0 Å². The summed E-state index contributed by atoms with van der Waals surface area (Å²) in [6.45, 7) is 6.24. The van der Waals surface area contributed by atoms with Gasteiger partial charge < -0.3 is 16.0 Å². The number of aryl methyl sites for hydroxylation is 1. The minimum atomic E-state index is -0.367. The lowest BCUT2D eigenvalue weighted by Crippen LogP contribution is -2.41. The van der Waals surface area contributed by atoms with Crippen molar-refractivity contribution < 1.29 is 9.18 Å². The fourth-order valence-electron chi connectivity index (χ4n) is 2.08. The van der Waals surface area contributed by atoms with Gasteiger partial charge in [-0.05, 0) is 56.4 Å². The van der Waals surface area contributed by atoms with Crippen molar-refractivity contribution in [3.8, 4) is 0 Å². The Morgan fingerprint density at radius 3 is 2.58 bits per heavy atom. The zero-order chi connectivity index (χ0) is 18.5. The van der Waals surface area contributed by atoms with Crippen molar-refractivity contribution in [2.75, 3.05) is 38.2 Å². The van der Waals surface area contributed by atoms with E-state index in [0.29, 0.717) is 24.2 Å². The molecule has 1 rings (SSSR count). The molecule has 0 heterocycles. The van der Waals surface area contributed by atoms with E-state index in [-0.39, 0.29) is 35.7 Å². The number of guanidine groups is 1. The van der Waals surface area contributed by atoms with Crippen molar-refractivity contribution in [2.45, 2.75) is 26.7 Å². The Hall–Kier alpha value is -1.03. The minimum Gasteiger partial charge on any atom is -0.357 e. The Morgan fingerprint density at radius 1 is 1.19 bits per heavy atom. The van der Waals surface area contributed by atoms with Crippen LogP contribution in [0.3, 0.4) is 0 Å². The summed E-state index contributed by atoms with van der Waals surface area (Å²) in [5, 5.41) is 9.14. The summed E-state index contributed by atoms with van der Waals surface area (Å²) in [4.78, 5) is 16.5. The molecule has 0 saturated carbocycles. The molecule has 8 heteroatoms. The van der Waals surface area contributed by atoms with E-state index < -0.39 is 0 Å². The van der Waals surface area contributed by atoms with Gasteiger partial charge in [0.1, 0.15) is 5.82 Å². The number of aliphatic imine (C=N–C) groups is 1. The minimum absolute atomic E-state index is 0. The second-order valence-electron chi connectivity index (χ2n) is 5.61. The van der Waals surface area contributed by atoms with E-state index in [4.69, 9.17) is 0 Å². The number of hydrogen-bond donors (Lipinski definition) is 3. The van der Waals surface area contributed by atoms with Crippen LogP contribution in [-0.2, 0) is 0 Å². The molecule has 1 amide bonds. The van der Waals surface area contributed by atoms with Crippen molar-refractivity contribution in [1.29, 1.82) is 0 Å². The van der Waals surface area contributed by atoms with Crippen LogP contribution in [-0.4, -0.2) is 50.1 Å². The van der Waals surface area contributed by atoms with Gasteiger partial charge in [0.25, 0.3) is 5.91 Å². The van der Waals surface area contributed by atoms with E-state index in [2.05, 4.69) is 27.2 Å². The molecular formula is C18H30FIN4OS. The fraction of sp³-hybridized carbons (Fsp3) is 0.556. The number of amides is 1. The third kappa shape index (κ3) is 10.2. The molecule has 0 aliphatic rings. The first kappa shape index (κ1) is 25.0. The van der Waals surface area contributed by atoms with E-state index in [1.54, 1.807) is 19.1 Å². The Balaban J connectivity index is 0.00000625. The normalized spacial score (nSPS) is 10.8. The highest BCUT2D eigenvalue weighted by molar-refractivity contribution is 14.0. The molecule has 26 heavy (non-hydrogen) atoms. The number of thioether (sulfide) groups is 1. The SMILES string of the molecule is CCNC(=NCCCCSC)NCCNC(=O)c1ccc(C)c(F)c1.I. The van der Waals surface area contributed by atoms with Crippen molar-refractivity contribution in [3.63, 3.8) is 0 Å². The smallest absolute Gasteiger partial charge is 0.251 e. The van der Waals surface area contributed by atoms with Gasteiger partial charge in [0.05, 0.1) is 0 Å². The largest absolute Gasteiger partial charge is 0.357 e. The number of carbonyl (C=O) groups is 1. The van der Waals surface area contributed by atoms with Gasteiger partial charge in [0.15, 0.2) is 5.96 Å². The third-order valence-electron chi connectivity index (χ3n) is 3.51. The summed E-state index contributed by atoms with van der Waals surface area (Å²) in [5.74, 6) is 1.27. The van der Waals surface area contributed by atoms with Crippen molar-refractivity contribution >= 4 is 47.6 Å². The van der Waals surface area contributed by atoms with Crippen molar-refractivity contribution in [2.24, 2.45) is 4.99 Å². The molecule has 0 unspecified atom stereocenters. The van der Waals surface area contributed by atoms with Crippen LogP contribution in [0.5, 0.6) is 0 Å². The summed E-state index contributed by atoms with van der Waals surface area (Å²) in [6.07, 6.45) is 4.33. The first-order valence-corrected chi connectivity index (χ1v) is 10.0. The van der Waals surface area contributed by atoms with Gasteiger partial charge in [-0.25, -0.2) is 4.39 Å². The highest BCUT2D eigenvalue weighted by Gasteiger charge is 2.07. The molecule has 0 saturated heterocycles. The maximum atomic E-state index is 13.5. The number of halogens is 2. The maximum Gasteiger partial charge on any atom is 0.251 e. The van der Waals surface area contributed by atoms with E-state index in [9.17, 15) is 9.18 Å². The average Bonchev–Trinajstić information content (AvgIpc) is 2.60. The zero-order valence-electron chi connectivity index (χ0n) is 15.7. The second kappa shape index (κ2) is 15.1. The van der Waals surface area contributed by atoms with Gasteiger partial charge in [0, 0.05) is 31.7 Å². The lowest BCUT2D eigenvalue weighted by Gasteiger charge is -2.12. The molecule has 5 nitrogen and oxygen atoms in total. The van der Waals surface area contributed by atoms with Crippen LogP contribution >= 0.6 is 35.7 Å². The number of nitrogens with one attached hydrogen (secondary N) is 3. The molecule has 0 fully saturated rings. The number of hydrogen-bond acceptors (Lipinski definition) is 3. The van der Waals surface area contributed by atoms with Gasteiger partial charge >= 0.3 is 0 Å². The van der Waals surface area contributed by atoms with E-state index in [0.717, 1.165) is 37.6 Å². The molecular weight excluding hydrogens is 466 g/mol. The summed E-state index contributed by atoms with van der Waals surface area (Å²) in [7, 11) is 0. The molecule has 1 aromatic rings. The quantitative estimate of drug-likeness (QED) is 0.202. The molecule has 0 aromatic heterocycles. The summed E-state index contributed by atoms with van der Waals surface area (Å²) in [5.41, 5.74) is 0.861.